The van der Waals surface area contributed by atoms with Crippen LogP contribution in [0.25, 0.3) is 0 Å². The lowest BCUT2D eigenvalue weighted by atomic mass is 10.1. The van der Waals surface area contributed by atoms with Crippen molar-refractivity contribution in [3.63, 3.8) is 0 Å². The van der Waals surface area contributed by atoms with Gasteiger partial charge in [0.2, 0.25) is 10.0 Å². The Labute approximate surface area is 114 Å². The minimum Gasteiger partial charge on any atom is -0.458 e. The zero-order valence-corrected chi connectivity index (χ0v) is 12.3. The molecule has 0 radical (unpaired) electrons. The highest BCUT2D eigenvalue weighted by Crippen LogP contribution is 2.41. The van der Waals surface area contributed by atoms with E-state index in [4.69, 9.17) is 9.88 Å². The molecule has 2 rings (SSSR count). The first-order valence-electron chi connectivity index (χ1n) is 5.18. The molecule has 1 aliphatic heterocycles. The summed E-state index contributed by atoms with van der Waals surface area (Å²) in [7, 11) is -7.53. The van der Waals surface area contributed by atoms with E-state index in [-0.39, 0.29) is 26.2 Å². The first-order valence-corrected chi connectivity index (χ1v) is 9.19. The average Bonchev–Trinajstić information content (AvgIpc) is 2.67. The Morgan fingerprint density at radius 1 is 1.53 bits per heavy atom. The van der Waals surface area contributed by atoms with Crippen LogP contribution in [0.2, 0.25) is 0 Å². The van der Waals surface area contributed by atoms with Gasteiger partial charge in [-0.1, -0.05) is 0 Å². The Morgan fingerprint density at radius 2 is 2.16 bits per heavy atom. The molecule has 0 amide bonds. The maximum Gasteiger partial charge on any atom is 0.303 e. The van der Waals surface area contributed by atoms with Crippen LogP contribution in [0.1, 0.15) is 25.0 Å². The Morgan fingerprint density at radius 3 is 2.68 bits per heavy atom. The molecule has 10 heteroatoms. The van der Waals surface area contributed by atoms with Crippen LogP contribution in [0.4, 0.5) is 0 Å². The van der Waals surface area contributed by atoms with E-state index in [1.165, 1.54) is 13.0 Å². The highest BCUT2D eigenvalue weighted by molar-refractivity contribution is 7.95. The molecule has 0 saturated heterocycles. The topological polar surface area (TPSA) is 121 Å². The van der Waals surface area contributed by atoms with Crippen molar-refractivity contribution in [3.8, 4) is 0 Å². The van der Waals surface area contributed by atoms with Crippen LogP contribution in [-0.4, -0.2) is 28.6 Å². The van der Waals surface area contributed by atoms with E-state index in [0.29, 0.717) is 11.3 Å². The standard InChI is InChI=1S/C9H11NO6S3/c1-5(11)16-7-2-3-18(12,13)9-6(7)4-8(17-9)19(10,14)15/h4,7H,2-3H2,1H3,(H2,10,14,15). The molecule has 0 aliphatic carbocycles. The highest BCUT2D eigenvalue weighted by Gasteiger charge is 2.36. The van der Waals surface area contributed by atoms with Gasteiger partial charge in [0.1, 0.15) is 14.5 Å². The van der Waals surface area contributed by atoms with Gasteiger partial charge in [-0.15, -0.1) is 11.3 Å². The minimum absolute atomic E-state index is 0.0889. The number of esters is 1. The second kappa shape index (κ2) is 4.54. The molecule has 1 aromatic rings. The van der Waals surface area contributed by atoms with Gasteiger partial charge in [0, 0.05) is 18.9 Å². The predicted molar refractivity (Wildman–Crippen MR) is 66.9 cm³/mol. The fourth-order valence-electron chi connectivity index (χ4n) is 1.81. The van der Waals surface area contributed by atoms with E-state index in [2.05, 4.69) is 0 Å². The van der Waals surface area contributed by atoms with E-state index in [1.807, 2.05) is 0 Å². The zero-order chi connectivity index (χ0) is 14.4. The SMILES string of the molecule is CC(=O)OC1CCS(=O)(=O)c2sc(S(N)(=O)=O)cc21. The average molecular weight is 325 g/mol. The molecule has 106 valence electrons. The molecule has 0 saturated carbocycles. The van der Waals surface area contributed by atoms with Crippen molar-refractivity contribution in [2.24, 2.45) is 5.14 Å². The molecule has 7 nitrogen and oxygen atoms in total. The zero-order valence-electron chi connectivity index (χ0n) is 9.82. The molecule has 0 spiro atoms. The number of nitrogens with two attached hydrogens (primary N) is 1. The lowest BCUT2D eigenvalue weighted by Crippen LogP contribution is -2.21. The summed E-state index contributed by atoms with van der Waals surface area (Å²) >= 11 is 0.588. The number of primary sulfonamides is 1. The third kappa shape index (κ3) is 2.81. The van der Waals surface area contributed by atoms with Gasteiger partial charge in [0.05, 0.1) is 5.75 Å². The lowest BCUT2D eigenvalue weighted by Gasteiger charge is -2.21. The largest absolute Gasteiger partial charge is 0.458 e. The number of carbonyl (C=O) groups excluding carboxylic acids is 1. The third-order valence-electron chi connectivity index (χ3n) is 2.57. The summed E-state index contributed by atoms with van der Waals surface area (Å²) in [6.07, 6.45) is -0.641. The Bertz CT molecular complexity index is 730. The van der Waals surface area contributed by atoms with E-state index < -0.39 is 31.9 Å². The molecule has 0 aromatic carbocycles. The molecular formula is C9H11NO6S3. The van der Waals surface area contributed by atoms with Gasteiger partial charge in [0.25, 0.3) is 0 Å². The number of hydrogen-bond acceptors (Lipinski definition) is 7. The predicted octanol–water partition coefficient (Wildman–Crippen LogP) is 0.177. The Kier molecular flexibility index (Phi) is 3.45. The fourth-order valence-corrected chi connectivity index (χ4v) is 5.93. The molecule has 2 heterocycles. The van der Waals surface area contributed by atoms with Crippen LogP contribution >= 0.6 is 11.3 Å². The summed E-state index contributed by atoms with van der Waals surface area (Å²) in [5.41, 5.74) is 0.190. The first-order chi connectivity index (χ1) is 8.61. The molecular weight excluding hydrogens is 314 g/mol. The van der Waals surface area contributed by atoms with E-state index in [9.17, 15) is 21.6 Å². The maximum atomic E-state index is 11.9. The van der Waals surface area contributed by atoms with Gasteiger partial charge in [-0.3, -0.25) is 4.79 Å². The van der Waals surface area contributed by atoms with Crippen LogP contribution in [0.15, 0.2) is 14.5 Å². The van der Waals surface area contributed by atoms with Crippen molar-refractivity contribution in [2.75, 3.05) is 5.75 Å². The molecule has 1 aromatic heterocycles. The number of rotatable bonds is 2. The van der Waals surface area contributed by atoms with E-state index in [1.54, 1.807) is 0 Å². The van der Waals surface area contributed by atoms with Crippen LogP contribution in [0, 0.1) is 0 Å². The highest BCUT2D eigenvalue weighted by atomic mass is 32.3. The molecule has 0 bridgehead atoms. The minimum atomic E-state index is -3.99. The van der Waals surface area contributed by atoms with Gasteiger partial charge in [-0.2, -0.15) is 0 Å². The van der Waals surface area contributed by atoms with Gasteiger partial charge in [-0.25, -0.2) is 22.0 Å². The summed E-state index contributed by atoms with van der Waals surface area (Å²) in [6, 6.07) is 1.17. The smallest absolute Gasteiger partial charge is 0.303 e. The second-order valence-corrected chi connectivity index (χ2v) is 9.20. The van der Waals surface area contributed by atoms with Crippen LogP contribution < -0.4 is 5.14 Å². The summed E-state index contributed by atoms with van der Waals surface area (Å²) < 4.78 is 51.0. The lowest BCUT2D eigenvalue weighted by molar-refractivity contribution is -0.147. The number of hydrogen-bond donors (Lipinski definition) is 1. The summed E-state index contributed by atoms with van der Waals surface area (Å²) in [5.74, 6) is -0.749. The molecule has 2 N–H and O–H groups in total. The van der Waals surface area contributed by atoms with Gasteiger partial charge in [0.15, 0.2) is 9.84 Å². The number of sulfone groups is 1. The molecule has 0 fully saturated rings. The van der Waals surface area contributed by atoms with Crippen molar-refractivity contribution in [1.82, 2.24) is 0 Å². The van der Waals surface area contributed by atoms with Gasteiger partial charge < -0.3 is 4.74 Å². The van der Waals surface area contributed by atoms with E-state index in [0.717, 1.165) is 0 Å². The number of thiophene rings is 1. The van der Waals surface area contributed by atoms with Crippen molar-refractivity contribution < 1.29 is 26.4 Å². The molecule has 19 heavy (non-hydrogen) atoms. The Balaban J connectivity index is 2.59. The van der Waals surface area contributed by atoms with Crippen LogP contribution in [-0.2, 0) is 29.4 Å². The normalized spacial score (nSPS) is 21.7. The molecule has 1 atom stereocenters. The van der Waals surface area contributed by atoms with E-state index >= 15 is 0 Å². The number of carbonyl (C=O) groups is 1. The van der Waals surface area contributed by atoms with Crippen molar-refractivity contribution in [2.45, 2.75) is 27.9 Å². The molecule has 1 unspecified atom stereocenters. The Hall–Kier alpha value is -0.970. The van der Waals surface area contributed by atoms with Crippen molar-refractivity contribution in [1.29, 1.82) is 0 Å². The fraction of sp³-hybridized carbons (Fsp3) is 0.444. The van der Waals surface area contributed by atoms with Gasteiger partial charge >= 0.3 is 5.97 Å². The van der Waals surface area contributed by atoms with Gasteiger partial charge in [-0.05, 0) is 6.07 Å². The van der Waals surface area contributed by atoms with Crippen molar-refractivity contribution >= 4 is 37.2 Å². The van der Waals surface area contributed by atoms with Crippen molar-refractivity contribution in [3.05, 3.63) is 11.6 Å². The second-order valence-electron chi connectivity index (χ2n) is 4.06. The number of sulfonamides is 1. The summed E-state index contributed by atoms with van der Waals surface area (Å²) in [6.45, 7) is 1.20. The quantitative estimate of drug-likeness (QED) is 0.774. The van der Waals surface area contributed by atoms with Crippen LogP contribution in [0.5, 0.6) is 0 Å². The molecule has 1 aliphatic rings. The summed E-state index contributed by atoms with van der Waals surface area (Å²) in [4.78, 5) is 11.0. The monoisotopic (exact) mass is 325 g/mol. The first kappa shape index (κ1) is 14.4. The number of ether oxygens (including phenoxy) is 1. The van der Waals surface area contributed by atoms with Crippen LogP contribution in [0.3, 0.4) is 0 Å². The summed E-state index contributed by atoms with van der Waals surface area (Å²) in [5, 5.41) is 4.98. The third-order valence-corrected chi connectivity index (χ3v) is 7.52. The number of fused-ring (bicyclic) bond motifs is 1. The maximum absolute atomic E-state index is 11.9.